The molecule has 0 saturated carbocycles. The highest BCUT2D eigenvalue weighted by atomic mass is 32.2. The molecule has 0 spiro atoms. The largest absolute Gasteiger partial charge is 0.480 e. The Morgan fingerprint density at radius 2 is 1.66 bits per heavy atom. The molecule has 1 aromatic heterocycles. The molecule has 0 radical (unpaired) electrons. The van der Waals surface area contributed by atoms with Crippen molar-refractivity contribution in [1.29, 1.82) is 0 Å². The summed E-state index contributed by atoms with van der Waals surface area (Å²) in [6.45, 7) is 1.48. The Morgan fingerprint density at radius 1 is 1.03 bits per heavy atom. The average molecular weight is 489 g/mol. The summed E-state index contributed by atoms with van der Waals surface area (Å²) in [5.41, 5.74) is 6.41. The van der Waals surface area contributed by atoms with Gasteiger partial charge in [0, 0.05) is 18.3 Å². The predicted molar refractivity (Wildman–Crippen MR) is 125 cm³/mol. The second-order valence-electron chi connectivity index (χ2n) is 7.14. The van der Waals surface area contributed by atoms with Crippen LogP contribution in [-0.4, -0.2) is 86.9 Å². The lowest BCUT2D eigenvalue weighted by molar-refractivity contribution is -0.142. The van der Waals surface area contributed by atoms with Gasteiger partial charge in [0.25, 0.3) is 0 Å². The number of nitrogens with zero attached hydrogens (tertiary/aromatic N) is 1. The zero-order valence-electron chi connectivity index (χ0n) is 18.4. The Balaban J connectivity index is 2.82. The maximum atomic E-state index is 12.8. The quantitative estimate of drug-likeness (QED) is 0.187. The Bertz CT molecular complexity index is 749. The summed E-state index contributed by atoms with van der Waals surface area (Å²) in [6, 6.07) is -3.83. The number of carboxylic acids is 1. The number of hydrogen-bond donors (Lipinski definition) is 6. The van der Waals surface area contributed by atoms with E-state index in [0.29, 0.717) is 23.6 Å². The average Bonchev–Trinajstić information content (AvgIpc) is 3.26. The number of carbonyl (C=O) groups is 4. The molecule has 7 N–H and O–H groups in total. The van der Waals surface area contributed by atoms with E-state index in [1.807, 2.05) is 12.5 Å². The molecule has 0 fully saturated rings. The molecule has 0 saturated heterocycles. The monoisotopic (exact) mass is 488 g/mol. The van der Waals surface area contributed by atoms with E-state index in [9.17, 15) is 24.3 Å². The normalized spacial score (nSPS) is 14.6. The molecule has 13 heteroatoms. The number of nitrogens with two attached hydrogens (primary N) is 1. The van der Waals surface area contributed by atoms with Crippen LogP contribution >= 0.6 is 23.5 Å². The minimum absolute atomic E-state index is 0.0698. The highest BCUT2D eigenvalue weighted by Crippen LogP contribution is 2.05. The SMILES string of the molecule is CSCCC(N)C(=O)NC(C)C(=O)NC(Cc1cnc[nH]1)C(=O)NC(CCSC)C(=O)O. The van der Waals surface area contributed by atoms with Gasteiger partial charge in [-0.25, -0.2) is 9.78 Å². The van der Waals surface area contributed by atoms with Crippen molar-refractivity contribution in [3.8, 4) is 0 Å². The number of carbonyl (C=O) groups excluding carboxylic acids is 3. The van der Waals surface area contributed by atoms with Crippen molar-refractivity contribution >= 4 is 47.2 Å². The number of nitrogens with one attached hydrogen (secondary N) is 4. The molecule has 1 rings (SSSR count). The first-order valence-electron chi connectivity index (χ1n) is 10.0. The fourth-order valence-electron chi connectivity index (χ4n) is 2.65. The van der Waals surface area contributed by atoms with Gasteiger partial charge in [-0.05, 0) is 43.8 Å². The van der Waals surface area contributed by atoms with Crippen LogP contribution in [-0.2, 0) is 25.6 Å². The summed E-state index contributed by atoms with van der Waals surface area (Å²) < 4.78 is 0. The van der Waals surface area contributed by atoms with E-state index in [4.69, 9.17) is 5.73 Å². The fraction of sp³-hybridized carbons (Fsp3) is 0.632. The summed E-state index contributed by atoms with van der Waals surface area (Å²) in [5, 5.41) is 17.0. The van der Waals surface area contributed by atoms with E-state index in [0.717, 1.165) is 0 Å². The summed E-state index contributed by atoms with van der Waals surface area (Å²) in [4.78, 5) is 55.9. The number of aromatic amines is 1. The van der Waals surface area contributed by atoms with Gasteiger partial charge in [0.05, 0.1) is 12.4 Å². The maximum Gasteiger partial charge on any atom is 0.326 e. The van der Waals surface area contributed by atoms with Crippen molar-refractivity contribution < 1.29 is 24.3 Å². The van der Waals surface area contributed by atoms with E-state index in [2.05, 4.69) is 25.9 Å². The van der Waals surface area contributed by atoms with Crippen LogP contribution in [0.3, 0.4) is 0 Å². The standard InChI is InChI=1S/C19H32N6O5S2/c1-11(23-17(27)13(20)4-6-31-2)16(26)25-15(8-12-9-21-10-22-12)18(28)24-14(19(29)30)5-7-32-3/h9-11,13-15H,4-8,20H2,1-3H3,(H,21,22)(H,23,27)(H,24,28)(H,25,26)(H,29,30). The third-order valence-electron chi connectivity index (χ3n) is 4.56. The third-order valence-corrected chi connectivity index (χ3v) is 5.85. The molecular weight excluding hydrogens is 456 g/mol. The molecule has 32 heavy (non-hydrogen) atoms. The number of hydrogen-bond acceptors (Lipinski definition) is 8. The number of thioether (sulfide) groups is 2. The molecule has 1 heterocycles. The number of aromatic nitrogens is 2. The van der Waals surface area contributed by atoms with Gasteiger partial charge in [0.15, 0.2) is 0 Å². The van der Waals surface area contributed by atoms with Gasteiger partial charge in [0.2, 0.25) is 17.7 Å². The van der Waals surface area contributed by atoms with Crippen molar-refractivity contribution in [2.75, 3.05) is 24.0 Å². The number of carboxylic acid groups (broad SMARTS) is 1. The maximum absolute atomic E-state index is 12.8. The van der Waals surface area contributed by atoms with Crippen LogP contribution in [0.25, 0.3) is 0 Å². The van der Waals surface area contributed by atoms with Gasteiger partial charge in [0.1, 0.15) is 18.1 Å². The first kappa shape index (κ1) is 27.8. The summed E-state index contributed by atoms with van der Waals surface area (Å²) in [7, 11) is 0. The Labute approximate surface area is 195 Å². The smallest absolute Gasteiger partial charge is 0.326 e. The molecule has 0 aliphatic carbocycles. The van der Waals surface area contributed by atoms with Gasteiger partial charge >= 0.3 is 5.97 Å². The summed E-state index contributed by atoms with van der Waals surface area (Å²) in [5.74, 6) is -1.58. The zero-order chi connectivity index (χ0) is 24.1. The second kappa shape index (κ2) is 14.7. The fourth-order valence-corrected chi connectivity index (χ4v) is 3.61. The number of H-pyrrole nitrogens is 1. The first-order chi connectivity index (χ1) is 15.2. The highest BCUT2D eigenvalue weighted by Gasteiger charge is 2.29. The van der Waals surface area contributed by atoms with E-state index in [1.165, 1.54) is 31.2 Å². The first-order valence-corrected chi connectivity index (χ1v) is 12.8. The summed E-state index contributed by atoms with van der Waals surface area (Å²) in [6.07, 6.45) is 7.47. The van der Waals surface area contributed by atoms with E-state index >= 15 is 0 Å². The van der Waals surface area contributed by atoms with E-state index in [-0.39, 0.29) is 12.8 Å². The third kappa shape index (κ3) is 9.92. The van der Waals surface area contributed by atoms with Crippen molar-refractivity contribution in [1.82, 2.24) is 25.9 Å². The molecule has 4 atom stereocenters. The molecule has 11 nitrogen and oxygen atoms in total. The van der Waals surface area contributed by atoms with Crippen molar-refractivity contribution in [3.63, 3.8) is 0 Å². The number of aliphatic carboxylic acids is 1. The molecular formula is C19H32N6O5S2. The van der Waals surface area contributed by atoms with E-state index < -0.39 is 47.9 Å². The highest BCUT2D eigenvalue weighted by molar-refractivity contribution is 7.98. The van der Waals surface area contributed by atoms with Crippen LogP contribution in [0.15, 0.2) is 12.5 Å². The van der Waals surface area contributed by atoms with Crippen LogP contribution < -0.4 is 21.7 Å². The van der Waals surface area contributed by atoms with Crippen molar-refractivity contribution in [2.24, 2.45) is 5.73 Å². The van der Waals surface area contributed by atoms with Gasteiger partial charge in [-0.15, -0.1) is 0 Å². The van der Waals surface area contributed by atoms with Crippen LogP contribution in [0.2, 0.25) is 0 Å². The lowest BCUT2D eigenvalue weighted by Crippen LogP contribution is -2.57. The Morgan fingerprint density at radius 3 is 2.22 bits per heavy atom. The van der Waals surface area contributed by atoms with Crippen LogP contribution in [0.4, 0.5) is 0 Å². The minimum atomic E-state index is -1.15. The Kier molecular flexibility index (Phi) is 12.8. The molecule has 0 bridgehead atoms. The van der Waals surface area contributed by atoms with E-state index in [1.54, 1.807) is 11.8 Å². The van der Waals surface area contributed by atoms with Gasteiger partial charge < -0.3 is 31.8 Å². The molecule has 180 valence electrons. The van der Waals surface area contributed by atoms with Gasteiger partial charge in [-0.3, -0.25) is 14.4 Å². The lowest BCUT2D eigenvalue weighted by atomic mass is 10.1. The molecule has 3 amide bonds. The molecule has 4 unspecified atom stereocenters. The number of amides is 3. The minimum Gasteiger partial charge on any atom is -0.480 e. The zero-order valence-corrected chi connectivity index (χ0v) is 20.1. The number of imidazole rings is 1. The van der Waals surface area contributed by atoms with Crippen molar-refractivity contribution in [2.45, 2.75) is 50.4 Å². The molecule has 1 aromatic rings. The van der Waals surface area contributed by atoms with Gasteiger partial charge in [-0.2, -0.15) is 23.5 Å². The topological polar surface area (TPSA) is 179 Å². The van der Waals surface area contributed by atoms with Gasteiger partial charge in [-0.1, -0.05) is 0 Å². The molecule has 0 aliphatic heterocycles. The Hall–Kier alpha value is -2.25. The van der Waals surface area contributed by atoms with Crippen LogP contribution in [0.1, 0.15) is 25.5 Å². The molecule has 0 aromatic carbocycles. The van der Waals surface area contributed by atoms with Crippen molar-refractivity contribution in [3.05, 3.63) is 18.2 Å². The van der Waals surface area contributed by atoms with Crippen LogP contribution in [0, 0.1) is 0 Å². The lowest BCUT2D eigenvalue weighted by Gasteiger charge is -2.23. The molecule has 0 aliphatic rings. The second-order valence-corrected chi connectivity index (χ2v) is 9.11. The summed E-state index contributed by atoms with van der Waals surface area (Å²) >= 11 is 3.03. The number of rotatable bonds is 15. The predicted octanol–water partition coefficient (Wildman–Crippen LogP) is -0.655. The van der Waals surface area contributed by atoms with Crippen LogP contribution in [0.5, 0.6) is 0 Å².